The summed E-state index contributed by atoms with van der Waals surface area (Å²) in [5, 5.41) is 8.74. The maximum atomic E-state index is 10.6. The van der Waals surface area contributed by atoms with E-state index in [1.165, 1.54) is 5.56 Å². The molecule has 0 bridgehead atoms. The van der Waals surface area contributed by atoms with Crippen LogP contribution < -0.4 is 0 Å². The van der Waals surface area contributed by atoms with E-state index in [0.717, 1.165) is 38.9 Å². The summed E-state index contributed by atoms with van der Waals surface area (Å²) in [5.41, 5.74) is 1.45. The van der Waals surface area contributed by atoms with Crippen molar-refractivity contribution in [1.82, 2.24) is 4.90 Å². The van der Waals surface area contributed by atoms with Crippen LogP contribution in [0.5, 0.6) is 0 Å². The van der Waals surface area contributed by atoms with Crippen LogP contribution in [-0.2, 0) is 4.79 Å². The first-order chi connectivity index (χ1) is 9.69. The van der Waals surface area contributed by atoms with Gasteiger partial charge in [0.15, 0.2) is 0 Å². The monoisotopic (exact) mass is 275 g/mol. The normalized spacial score (nSPS) is 17.6. The van der Waals surface area contributed by atoms with E-state index in [0.29, 0.717) is 18.3 Å². The van der Waals surface area contributed by atoms with Crippen LogP contribution in [0.15, 0.2) is 30.3 Å². The quantitative estimate of drug-likeness (QED) is 0.791. The molecule has 2 rings (SSSR count). The average Bonchev–Trinajstić information content (AvgIpc) is 2.41. The zero-order valence-corrected chi connectivity index (χ0v) is 12.3. The van der Waals surface area contributed by atoms with Gasteiger partial charge in [0.25, 0.3) is 0 Å². The third kappa shape index (κ3) is 4.34. The highest BCUT2D eigenvalue weighted by molar-refractivity contribution is 5.66. The number of aliphatic carboxylic acids is 1. The molecule has 0 radical (unpaired) electrons. The fraction of sp³-hybridized carbons (Fsp3) is 0.588. The van der Waals surface area contributed by atoms with E-state index in [2.05, 4.69) is 42.2 Å². The molecule has 1 heterocycles. The first-order valence-corrected chi connectivity index (χ1v) is 7.68. The van der Waals surface area contributed by atoms with Gasteiger partial charge in [-0.15, -0.1) is 0 Å². The van der Waals surface area contributed by atoms with Gasteiger partial charge in [-0.2, -0.15) is 0 Å². The number of carboxylic acids is 1. The molecule has 3 heteroatoms. The van der Waals surface area contributed by atoms with Gasteiger partial charge < -0.3 is 10.0 Å². The predicted octanol–water partition coefficient (Wildman–Crippen LogP) is 3.37. The van der Waals surface area contributed by atoms with E-state index < -0.39 is 5.97 Å². The summed E-state index contributed by atoms with van der Waals surface area (Å²) in [6.07, 6.45) is 3.35. The number of rotatable bonds is 8. The molecule has 3 nitrogen and oxygen atoms in total. The molecule has 1 saturated heterocycles. The molecule has 1 fully saturated rings. The fourth-order valence-electron chi connectivity index (χ4n) is 2.93. The smallest absolute Gasteiger partial charge is 0.303 e. The molecular weight excluding hydrogens is 250 g/mol. The van der Waals surface area contributed by atoms with Crippen LogP contribution in [0.2, 0.25) is 0 Å². The maximum absolute atomic E-state index is 10.6. The SMILES string of the molecule is CCC(CCC(=O)O)CCN1CC(c2ccccc2)C1. The zero-order chi connectivity index (χ0) is 14.4. The zero-order valence-electron chi connectivity index (χ0n) is 12.3. The minimum Gasteiger partial charge on any atom is -0.481 e. The van der Waals surface area contributed by atoms with E-state index in [9.17, 15) is 4.79 Å². The Bertz CT molecular complexity index is 412. The number of hydrogen-bond donors (Lipinski definition) is 1. The molecule has 0 aromatic heterocycles. The molecule has 1 aromatic rings. The minimum atomic E-state index is -0.670. The first kappa shape index (κ1) is 15.0. The van der Waals surface area contributed by atoms with Gasteiger partial charge in [0, 0.05) is 25.4 Å². The number of carbonyl (C=O) groups is 1. The second kappa shape index (κ2) is 7.44. The Labute approximate surface area is 121 Å². The van der Waals surface area contributed by atoms with Gasteiger partial charge in [0.1, 0.15) is 0 Å². The second-order valence-electron chi connectivity index (χ2n) is 5.86. The largest absolute Gasteiger partial charge is 0.481 e. The lowest BCUT2D eigenvalue weighted by molar-refractivity contribution is -0.137. The molecule has 1 aromatic carbocycles. The summed E-state index contributed by atoms with van der Waals surface area (Å²) >= 11 is 0. The minimum absolute atomic E-state index is 0.311. The van der Waals surface area contributed by atoms with Crippen molar-refractivity contribution in [2.75, 3.05) is 19.6 Å². The maximum Gasteiger partial charge on any atom is 0.303 e. The lowest BCUT2D eigenvalue weighted by Gasteiger charge is -2.40. The summed E-state index contributed by atoms with van der Waals surface area (Å²) in [7, 11) is 0. The topological polar surface area (TPSA) is 40.5 Å². The molecule has 1 atom stereocenters. The van der Waals surface area contributed by atoms with Crippen LogP contribution in [0.1, 0.15) is 44.1 Å². The Kier molecular flexibility index (Phi) is 5.60. The van der Waals surface area contributed by atoms with Crippen LogP contribution in [0.4, 0.5) is 0 Å². The van der Waals surface area contributed by atoms with Gasteiger partial charge >= 0.3 is 5.97 Å². The van der Waals surface area contributed by atoms with E-state index >= 15 is 0 Å². The van der Waals surface area contributed by atoms with Crippen LogP contribution in [0, 0.1) is 5.92 Å². The van der Waals surface area contributed by atoms with Crippen molar-refractivity contribution in [2.24, 2.45) is 5.92 Å². The molecule has 1 aliphatic heterocycles. The van der Waals surface area contributed by atoms with Crippen molar-refractivity contribution in [3.8, 4) is 0 Å². The van der Waals surface area contributed by atoms with Crippen molar-refractivity contribution >= 4 is 5.97 Å². The lowest BCUT2D eigenvalue weighted by atomic mass is 9.90. The molecule has 1 N–H and O–H groups in total. The Hall–Kier alpha value is -1.35. The molecule has 1 unspecified atom stereocenters. The Morgan fingerprint density at radius 1 is 1.30 bits per heavy atom. The molecule has 0 amide bonds. The van der Waals surface area contributed by atoms with Crippen molar-refractivity contribution in [2.45, 2.75) is 38.5 Å². The summed E-state index contributed by atoms with van der Waals surface area (Å²) in [6, 6.07) is 10.7. The molecule has 20 heavy (non-hydrogen) atoms. The molecule has 1 aliphatic rings. The Morgan fingerprint density at radius 2 is 2.00 bits per heavy atom. The molecular formula is C17H25NO2. The van der Waals surface area contributed by atoms with Crippen LogP contribution in [0.3, 0.4) is 0 Å². The standard InChI is InChI=1S/C17H25NO2/c1-2-14(8-9-17(19)20)10-11-18-12-16(13-18)15-6-4-3-5-7-15/h3-7,14,16H,2,8-13H2,1H3,(H,19,20). The summed E-state index contributed by atoms with van der Waals surface area (Å²) < 4.78 is 0. The highest BCUT2D eigenvalue weighted by Crippen LogP contribution is 2.27. The van der Waals surface area contributed by atoms with E-state index in [1.807, 2.05) is 0 Å². The third-order valence-electron chi connectivity index (χ3n) is 4.43. The number of carboxylic acid groups (broad SMARTS) is 1. The number of hydrogen-bond acceptors (Lipinski definition) is 2. The molecule has 0 spiro atoms. The highest BCUT2D eigenvalue weighted by Gasteiger charge is 2.27. The Morgan fingerprint density at radius 3 is 2.60 bits per heavy atom. The number of nitrogens with zero attached hydrogens (tertiary/aromatic N) is 1. The van der Waals surface area contributed by atoms with Crippen molar-refractivity contribution < 1.29 is 9.90 Å². The van der Waals surface area contributed by atoms with Gasteiger partial charge in [-0.1, -0.05) is 43.7 Å². The third-order valence-corrected chi connectivity index (χ3v) is 4.43. The van der Waals surface area contributed by atoms with Crippen molar-refractivity contribution in [3.05, 3.63) is 35.9 Å². The van der Waals surface area contributed by atoms with Crippen molar-refractivity contribution in [3.63, 3.8) is 0 Å². The van der Waals surface area contributed by atoms with Crippen LogP contribution >= 0.6 is 0 Å². The fourth-order valence-corrected chi connectivity index (χ4v) is 2.93. The van der Waals surface area contributed by atoms with E-state index in [4.69, 9.17) is 5.11 Å². The molecule has 110 valence electrons. The highest BCUT2D eigenvalue weighted by atomic mass is 16.4. The van der Waals surface area contributed by atoms with Crippen LogP contribution in [-0.4, -0.2) is 35.6 Å². The number of likely N-dealkylation sites (tertiary alicyclic amines) is 1. The molecule has 0 aliphatic carbocycles. The summed E-state index contributed by atoms with van der Waals surface area (Å²) in [4.78, 5) is 13.1. The Balaban J connectivity index is 1.65. The second-order valence-corrected chi connectivity index (χ2v) is 5.86. The van der Waals surface area contributed by atoms with Gasteiger partial charge in [0.05, 0.1) is 0 Å². The lowest BCUT2D eigenvalue weighted by Crippen LogP contribution is -2.45. The van der Waals surface area contributed by atoms with Crippen LogP contribution in [0.25, 0.3) is 0 Å². The number of benzene rings is 1. The van der Waals surface area contributed by atoms with Gasteiger partial charge in [-0.3, -0.25) is 4.79 Å². The molecule has 0 saturated carbocycles. The van der Waals surface area contributed by atoms with Gasteiger partial charge in [0.2, 0.25) is 0 Å². The van der Waals surface area contributed by atoms with E-state index in [1.54, 1.807) is 0 Å². The average molecular weight is 275 g/mol. The summed E-state index contributed by atoms with van der Waals surface area (Å²) in [6.45, 7) is 5.58. The predicted molar refractivity (Wildman–Crippen MR) is 80.9 cm³/mol. The van der Waals surface area contributed by atoms with Crippen molar-refractivity contribution in [1.29, 1.82) is 0 Å². The van der Waals surface area contributed by atoms with E-state index in [-0.39, 0.29) is 0 Å². The van der Waals surface area contributed by atoms with Gasteiger partial charge in [-0.05, 0) is 30.9 Å². The van der Waals surface area contributed by atoms with Gasteiger partial charge in [-0.25, -0.2) is 0 Å². The summed E-state index contributed by atoms with van der Waals surface area (Å²) in [5.74, 6) is 0.578. The first-order valence-electron chi connectivity index (χ1n) is 7.68.